The van der Waals surface area contributed by atoms with Gasteiger partial charge >= 0.3 is 6.03 Å². The first-order valence-electron chi connectivity index (χ1n) is 9.28. The number of aromatic nitrogens is 1. The van der Waals surface area contributed by atoms with Gasteiger partial charge < -0.3 is 15.0 Å². The molecule has 132 valence electrons. The number of urea groups is 1. The normalized spacial score (nSPS) is 21.6. The Morgan fingerprint density at radius 2 is 2.12 bits per heavy atom. The van der Waals surface area contributed by atoms with E-state index in [-0.39, 0.29) is 12.1 Å². The van der Waals surface area contributed by atoms with Gasteiger partial charge in [0.05, 0.1) is 6.10 Å². The minimum atomic E-state index is 0.0519. The summed E-state index contributed by atoms with van der Waals surface area (Å²) < 4.78 is 5.57. The number of pyridine rings is 1. The molecule has 5 nitrogen and oxygen atoms in total. The van der Waals surface area contributed by atoms with E-state index in [1.54, 1.807) is 0 Å². The van der Waals surface area contributed by atoms with E-state index in [0.717, 1.165) is 45.4 Å². The molecule has 0 aliphatic carbocycles. The molecule has 4 rings (SSSR count). The highest BCUT2D eigenvalue weighted by Gasteiger charge is 2.25. The van der Waals surface area contributed by atoms with E-state index in [2.05, 4.69) is 34.6 Å². The third-order valence-electron chi connectivity index (χ3n) is 5.44. The van der Waals surface area contributed by atoms with Crippen LogP contribution >= 0.6 is 0 Å². The Kier molecular flexibility index (Phi) is 4.83. The lowest BCUT2D eigenvalue weighted by molar-refractivity contribution is 0.108. The number of ether oxygens (including phenoxy) is 1. The first-order valence-corrected chi connectivity index (χ1v) is 9.28. The van der Waals surface area contributed by atoms with Gasteiger partial charge in [-0.1, -0.05) is 18.2 Å². The van der Waals surface area contributed by atoms with E-state index in [1.165, 1.54) is 16.3 Å². The molecule has 1 aromatic carbocycles. The van der Waals surface area contributed by atoms with E-state index in [9.17, 15) is 4.79 Å². The quantitative estimate of drug-likeness (QED) is 0.933. The van der Waals surface area contributed by atoms with Crippen LogP contribution in [-0.2, 0) is 4.74 Å². The maximum Gasteiger partial charge on any atom is 0.317 e. The Morgan fingerprint density at radius 1 is 1.24 bits per heavy atom. The molecule has 3 heterocycles. The van der Waals surface area contributed by atoms with Crippen molar-refractivity contribution >= 4 is 16.8 Å². The van der Waals surface area contributed by atoms with E-state index in [0.29, 0.717) is 12.5 Å². The SMILES string of the molecule is O=C(NCC1CCCO1)N1CCC(c2cccc3cnccc23)CC1. The first-order chi connectivity index (χ1) is 12.3. The lowest BCUT2D eigenvalue weighted by Crippen LogP contribution is -2.46. The van der Waals surface area contributed by atoms with Crippen molar-refractivity contribution in [3.8, 4) is 0 Å². The van der Waals surface area contributed by atoms with Crippen molar-refractivity contribution < 1.29 is 9.53 Å². The molecule has 0 saturated carbocycles. The average molecular weight is 339 g/mol. The number of amides is 2. The fourth-order valence-corrected chi connectivity index (χ4v) is 4.02. The van der Waals surface area contributed by atoms with Gasteiger partial charge in [-0.25, -0.2) is 4.79 Å². The highest BCUT2D eigenvalue weighted by molar-refractivity contribution is 5.85. The van der Waals surface area contributed by atoms with E-state index in [1.807, 2.05) is 17.3 Å². The van der Waals surface area contributed by atoms with E-state index < -0.39 is 0 Å². The predicted octanol–water partition coefficient (Wildman–Crippen LogP) is 3.30. The van der Waals surface area contributed by atoms with Crippen LogP contribution in [0.2, 0.25) is 0 Å². The fraction of sp³-hybridized carbons (Fsp3) is 0.500. The topological polar surface area (TPSA) is 54.5 Å². The summed E-state index contributed by atoms with van der Waals surface area (Å²) in [5.41, 5.74) is 1.39. The number of benzene rings is 1. The minimum absolute atomic E-state index is 0.0519. The van der Waals surface area contributed by atoms with Crippen LogP contribution in [0.15, 0.2) is 36.7 Å². The number of hydrogen-bond acceptors (Lipinski definition) is 3. The molecule has 5 heteroatoms. The van der Waals surface area contributed by atoms with Crippen LogP contribution in [0.1, 0.15) is 37.2 Å². The number of hydrogen-bond donors (Lipinski definition) is 1. The number of nitrogens with one attached hydrogen (secondary N) is 1. The number of nitrogens with zero attached hydrogens (tertiary/aromatic N) is 2. The summed E-state index contributed by atoms with van der Waals surface area (Å²) in [6.45, 7) is 3.08. The van der Waals surface area contributed by atoms with Gasteiger partial charge in [-0.2, -0.15) is 0 Å². The van der Waals surface area contributed by atoms with Gasteiger partial charge in [-0.15, -0.1) is 0 Å². The zero-order chi connectivity index (χ0) is 17.1. The number of likely N-dealkylation sites (tertiary alicyclic amines) is 1. The van der Waals surface area contributed by atoms with E-state index in [4.69, 9.17) is 4.74 Å². The van der Waals surface area contributed by atoms with Crippen LogP contribution in [0.25, 0.3) is 10.8 Å². The Morgan fingerprint density at radius 3 is 2.92 bits per heavy atom. The largest absolute Gasteiger partial charge is 0.376 e. The molecule has 2 amide bonds. The molecule has 2 aliphatic rings. The summed E-state index contributed by atoms with van der Waals surface area (Å²) in [4.78, 5) is 18.5. The summed E-state index contributed by atoms with van der Waals surface area (Å²) in [6.07, 6.45) is 8.16. The molecule has 0 bridgehead atoms. The van der Waals surface area contributed by atoms with Crippen molar-refractivity contribution in [1.29, 1.82) is 0 Å². The van der Waals surface area contributed by atoms with Crippen LogP contribution in [0.3, 0.4) is 0 Å². The Balaban J connectivity index is 1.35. The molecular weight excluding hydrogens is 314 g/mol. The van der Waals surface area contributed by atoms with Gasteiger partial charge in [0, 0.05) is 44.0 Å². The van der Waals surface area contributed by atoms with Crippen molar-refractivity contribution in [1.82, 2.24) is 15.2 Å². The molecule has 0 radical (unpaired) electrons. The van der Waals surface area contributed by atoms with Gasteiger partial charge in [0.15, 0.2) is 0 Å². The third-order valence-corrected chi connectivity index (χ3v) is 5.44. The highest BCUT2D eigenvalue weighted by Crippen LogP contribution is 2.32. The van der Waals surface area contributed by atoms with Gasteiger partial charge in [0.25, 0.3) is 0 Å². The Hall–Kier alpha value is -2.14. The predicted molar refractivity (Wildman–Crippen MR) is 97.7 cm³/mol. The van der Waals surface area contributed by atoms with Crippen LogP contribution < -0.4 is 5.32 Å². The molecule has 2 fully saturated rings. The van der Waals surface area contributed by atoms with Crippen LogP contribution in [0.5, 0.6) is 0 Å². The van der Waals surface area contributed by atoms with Gasteiger partial charge in [-0.05, 0) is 48.6 Å². The first kappa shape index (κ1) is 16.3. The molecule has 2 aromatic rings. The molecule has 0 spiro atoms. The zero-order valence-electron chi connectivity index (χ0n) is 14.5. The number of fused-ring (bicyclic) bond motifs is 1. The standard InChI is InChI=1S/C20H25N3O2/c24-20(22-14-17-4-2-12-25-17)23-10-7-15(8-11-23)18-5-1-3-16-13-21-9-6-19(16)18/h1,3,5-6,9,13,15,17H,2,4,7-8,10-12,14H2,(H,22,24). The van der Waals surface area contributed by atoms with Crippen LogP contribution in [0.4, 0.5) is 4.79 Å². The van der Waals surface area contributed by atoms with Crippen LogP contribution in [0, 0.1) is 0 Å². The minimum Gasteiger partial charge on any atom is -0.376 e. The molecule has 1 N–H and O–H groups in total. The molecule has 2 saturated heterocycles. The summed E-state index contributed by atoms with van der Waals surface area (Å²) in [5.74, 6) is 0.508. The van der Waals surface area contributed by atoms with Crippen molar-refractivity contribution in [2.24, 2.45) is 0 Å². The van der Waals surface area contributed by atoms with Crippen molar-refractivity contribution in [2.45, 2.75) is 37.7 Å². The molecule has 1 unspecified atom stereocenters. The summed E-state index contributed by atoms with van der Waals surface area (Å²) >= 11 is 0. The van der Waals surface area contributed by atoms with Crippen molar-refractivity contribution in [2.75, 3.05) is 26.2 Å². The lowest BCUT2D eigenvalue weighted by Gasteiger charge is -2.33. The maximum atomic E-state index is 12.4. The summed E-state index contributed by atoms with van der Waals surface area (Å²) in [7, 11) is 0. The Labute approximate surface area is 148 Å². The van der Waals surface area contributed by atoms with Crippen molar-refractivity contribution in [3.63, 3.8) is 0 Å². The van der Waals surface area contributed by atoms with E-state index >= 15 is 0 Å². The second-order valence-corrected chi connectivity index (χ2v) is 7.03. The molecule has 25 heavy (non-hydrogen) atoms. The Bertz CT molecular complexity index is 729. The highest BCUT2D eigenvalue weighted by atomic mass is 16.5. The number of rotatable bonds is 3. The summed E-state index contributed by atoms with van der Waals surface area (Å²) in [5, 5.41) is 5.51. The number of carbonyl (C=O) groups is 1. The molecule has 1 aromatic heterocycles. The second-order valence-electron chi connectivity index (χ2n) is 7.03. The zero-order valence-corrected chi connectivity index (χ0v) is 14.5. The lowest BCUT2D eigenvalue weighted by atomic mass is 9.87. The monoisotopic (exact) mass is 339 g/mol. The molecular formula is C20H25N3O2. The van der Waals surface area contributed by atoms with Crippen LogP contribution in [-0.4, -0.2) is 48.3 Å². The van der Waals surface area contributed by atoms with Gasteiger partial charge in [0.2, 0.25) is 0 Å². The van der Waals surface area contributed by atoms with Gasteiger partial charge in [0.1, 0.15) is 0 Å². The number of piperidine rings is 1. The smallest absolute Gasteiger partial charge is 0.317 e. The molecule has 2 aliphatic heterocycles. The summed E-state index contributed by atoms with van der Waals surface area (Å²) in [6, 6.07) is 8.60. The molecule has 1 atom stereocenters. The second kappa shape index (κ2) is 7.40. The fourth-order valence-electron chi connectivity index (χ4n) is 4.02. The third kappa shape index (κ3) is 3.61. The van der Waals surface area contributed by atoms with Crippen molar-refractivity contribution in [3.05, 3.63) is 42.2 Å². The van der Waals surface area contributed by atoms with Gasteiger partial charge in [-0.3, -0.25) is 4.98 Å². The number of carbonyl (C=O) groups excluding carboxylic acids is 1. The maximum absolute atomic E-state index is 12.4. The average Bonchev–Trinajstić information content (AvgIpc) is 3.19.